The topological polar surface area (TPSA) is 92.5 Å². The second-order valence-electron chi connectivity index (χ2n) is 8.71. The first kappa shape index (κ1) is 22.0. The number of hydrogen-bond acceptors (Lipinski definition) is 5. The molecule has 0 saturated heterocycles. The average Bonchev–Trinajstić information content (AvgIpc) is 3.45. The van der Waals surface area contributed by atoms with Crippen molar-refractivity contribution in [1.82, 2.24) is 19.8 Å². The molecule has 3 heterocycles. The van der Waals surface area contributed by atoms with Gasteiger partial charge in [-0.1, -0.05) is 48.9 Å². The molecule has 0 atom stereocenters. The van der Waals surface area contributed by atoms with Gasteiger partial charge >= 0.3 is 0 Å². The fourth-order valence-corrected chi connectivity index (χ4v) is 4.48. The number of fused-ring (bicyclic) bond motifs is 1. The van der Waals surface area contributed by atoms with Crippen LogP contribution >= 0.6 is 0 Å². The molecule has 0 aliphatic carbocycles. The van der Waals surface area contributed by atoms with E-state index in [0.717, 1.165) is 60.7 Å². The lowest BCUT2D eigenvalue weighted by atomic mass is 10.1. The zero-order chi connectivity index (χ0) is 23.3. The number of hydrogen-bond donors (Lipinski definition) is 1. The van der Waals surface area contributed by atoms with Crippen LogP contribution in [0.3, 0.4) is 0 Å². The molecule has 2 aromatic carbocycles. The summed E-state index contributed by atoms with van der Waals surface area (Å²) < 4.78 is 2.19. The Balaban J connectivity index is 1.18. The van der Waals surface area contributed by atoms with E-state index in [-0.39, 0.29) is 24.7 Å². The van der Waals surface area contributed by atoms with Crippen molar-refractivity contribution in [3.05, 3.63) is 66.0 Å². The SMILES string of the molecule is O=C(CCC(=O)N1CCC(c2ccccc2)=N1)Nc1cccc(-c2nnc3n2CCCCC3)c1. The summed E-state index contributed by atoms with van der Waals surface area (Å²) in [5, 5.41) is 17.6. The third-order valence-electron chi connectivity index (χ3n) is 6.28. The molecule has 0 saturated carbocycles. The number of aryl methyl sites for hydroxylation is 1. The predicted molar refractivity (Wildman–Crippen MR) is 130 cm³/mol. The van der Waals surface area contributed by atoms with Crippen LogP contribution in [0.1, 0.15) is 49.9 Å². The summed E-state index contributed by atoms with van der Waals surface area (Å²) in [5.74, 6) is 1.53. The molecule has 0 radical (unpaired) electrons. The van der Waals surface area contributed by atoms with Crippen molar-refractivity contribution in [2.45, 2.75) is 51.5 Å². The zero-order valence-corrected chi connectivity index (χ0v) is 19.1. The molecule has 8 nitrogen and oxygen atoms in total. The highest BCUT2D eigenvalue weighted by atomic mass is 16.2. The molecule has 0 unspecified atom stereocenters. The molecule has 5 rings (SSSR count). The highest BCUT2D eigenvalue weighted by Gasteiger charge is 2.22. The number of nitrogens with zero attached hydrogens (tertiary/aromatic N) is 5. The van der Waals surface area contributed by atoms with Crippen molar-refractivity contribution in [3.8, 4) is 11.4 Å². The maximum atomic E-state index is 12.6. The summed E-state index contributed by atoms with van der Waals surface area (Å²) >= 11 is 0. The first-order valence-corrected chi connectivity index (χ1v) is 11.9. The van der Waals surface area contributed by atoms with E-state index in [0.29, 0.717) is 12.2 Å². The van der Waals surface area contributed by atoms with Gasteiger partial charge in [0.1, 0.15) is 5.82 Å². The van der Waals surface area contributed by atoms with E-state index < -0.39 is 0 Å². The molecule has 0 fully saturated rings. The second kappa shape index (κ2) is 9.99. The highest BCUT2D eigenvalue weighted by molar-refractivity contribution is 6.02. The lowest BCUT2D eigenvalue weighted by Gasteiger charge is -2.12. The van der Waals surface area contributed by atoms with Crippen LogP contribution < -0.4 is 5.32 Å². The van der Waals surface area contributed by atoms with E-state index in [4.69, 9.17) is 0 Å². The highest BCUT2D eigenvalue weighted by Crippen LogP contribution is 2.25. The third kappa shape index (κ3) is 4.90. The number of nitrogens with one attached hydrogen (secondary N) is 1. The van der Waals surface area contributed by atoms with E-state index in [2.05, 4.69) is 25.2 Å². The van der Waals surface area contributed by atoms with Crippen LogP contribution in [0.5, 0.6) is 0 Å². The Labute approximate surface area is 198 Å². The van der Waals surface area contributed by atoms with Gasteiger partial charge < -0.3 is 9.88 Å². The van der Waals surface area contributed by atoms with E-state index in [1.54, 1.807) is 0 Å². The van der Waals surface area contributed by atoms with Crippen molar-refractivity contribution < 1.29 is 9.59 Å². The first-order valence-electron chi connectivity index (χ1n) is 11.9. The molecule has 34 heavy (non-hydrogen) atoms. The minimum absolute atomic E-state index is 0.107. The van der Waals surface area contributed by atoms with Crippen LogP contribution in [0.15, 0.2) is 59.7 Å². The van der Waals surface area contributed by atoms with Gasteiger partial charge in [0.2, 0.25) is 11.8 Å². The van der Waals surface area contributed by atoms with Gasteiger partial charge in [0.15, 0.2) is 5.82 Å². The smallest absolute Gasteiger partial charge is 0.243 e. The van der Waals surface area contributed by atoms with Gasteiger partial charge in [-0.15, -0.1) is 10.2 Å². The molecule has 0 bridgehead atoms. The number of carbonyl (C=O) groups is 2. The van der Waals surface area contributed by atoms with Crippen molar-refractivity contribution in [1.29, 1.82) is 0 Å². The lowest BCUT2D eigenvalue weighted by Crippen LogP contribution is -2.25. The minimum Gasteiger partial charge on any atom is -0.326 e. The molecule has 2 aliphatic rings. The maximum absolute atomic E-state index is 12.6. The number of amides is 2. The molecular weight excluding hydrogens is 428 g/mol. The van der Waals surface area contributed by atoms with Crippen LogP contribution in [0, 0.1) is 0 Å². The van der Waals surface area contributed by atoms with Gasteiger partial charge in [-0.05, 0) is 30.5 Å². The Kier molecular flexibility index (Phi) is 6.46. The summed E-state index contributed by atoms with van der Waals surface area (Å²) in [4.78, 5) is 25.1. The monoisotopic (exact) mass is 456 g/mol. The van der Waals surface area contributed by atoms with Crippen molar-refractivity contribution in [3.63, 3.8) is 0 Å². The van der Waals surface area contributed by atoms with Crippen molar-refractivity contribution >= 4 is 23.2 Å². The number of carbonyl (C=O) groups excluding carboxylic acids is 2. The molecule has 174 valence electrons. The number of aromatic nitrogens is 3. The molecule has 2 aliphatic heterocycles. The van der Waals surface area contributed by atoms with Crippen molar-refractivity contribution in [2.75, 3.05) is 11.9 Å². The predicted octanol–water partition coefficient (Wildman–Crippen LogP) is 4.03. The Morgan fingerprint density at radius 1 is 0.853 bits per heavy atom. The Bertz CT molecular complexity index is 1220. The molecule has 0 spiro atoms. The Morgan fingerprint density at radius 3 is 2.59 bits per heavy atom. The summed E-state index contributed by atoms with van der Waals surface area (Å²) in [7, 11) is 0. The van der Waals surface area contributed by atoms with Crippen LogP contribution in [-0.4, -0.2) is 43.8 Å². The Hall–Kier alpha value is -3.81. The number of rotatable bonds is 6. The molecule has 1 aromatic heterocycles. The van der Waals surface area contributed by atoms with E-state index >= 15 is 0 Å². The summed E-state index contributed by atoms with van der Waals surface area (Å²) in [5.41, 5.74) is 3.54. The lowest BCUT2D eigenvalue weighted by molar-refractivity contribution is -0.132. The number of hydrazone groups is 1. The van der Waals surface area contributed by atoms with Gasteiger partial charge in [0.05, 0.1) is 12.3 Å². The standard InChI is InChI=1S/C26H28N6O2/c33-24(13-14-25(34)32-17-15-22(30-32)19-8-3-1-4-9-19)27-21-11-7-10-20(18-21)26-29-28-23-12-5-2-6-16-31(23)26/h1,3-4,7-11,18H,2,5-6,12-17H2,(H,27,33). The van der Waals surface area contributed by atoms with E-state index in [1.807, 2.05) is 54.6 Å². The fraction of sp³-hybridized carbons (Fsp3) is 0.346. The summed E-state index contributed by atoms with van der Waals surface area (Å²) in [6.07, 6.45) is 5.37. The van der Waals surface area contributed by atoms with Crippen LogP contribution in [0.25, 0.3) is 11.4 Å². The fourth-order valence-electron chi connectivity index (χ4n) is 4.48. The van der Waals surface area contributed by atoms with Gasteiger partial charge in [-0.3, -0.25) is 9.59 Å². The second-order valence-corrected chi connectivity index (χ2v) is 8.71. The van der Waals surface area contributed by atoms with Crippen LogP contribution in [-0.2, 0) is 22.6 Å². The normalized spacial score (nSPS) is 15.4. The van der Waals surface area contributed by atoms with Gasteiger partial charge in [-0.2, -0.15) is 5.10 Å². The van der Waals surface area contributed by atoms with Gasteiger partial charge in [0.25, 0.3) is 0 Å². The summed E-state index contributed by atoms with van der Waals surface area (Å²) in [6.45, 7) is 1.47. The van der Waals surface area contributed by atoms with Gasteiger partial charge in [-0.25, -0.2) is 5.01 Å². The number of benzene rings is 2. The number of anilines is 1. The maximum Gasteiger partial charge on any atom is 0.243 e. The Morgan fingerprint density at radius 2 is 1.71 bits per heavy atom. The molecule has 3 aromatic rings. The van der Waals surface area contributed by atoms with Crippen LogP contribution in [0.2, 0.25) is 0 Å². The first-order chi connectivity index (χ1) is 16.7. The average molecular weight is 457 g/mol. The molecule has 8 heteroatoms. The molecule has 1 N–H and O–H groups in total. The van der Waals surface area contributed by atoms with Crippen molar-refractivity contribution in [2.24, 2.45) is 5.10 Å². The summed E-state index contributed by atoms with van der Waals surface area (Å²) in [6, 6.07) is 17.5. The minimum atomic E-state index is -0.197. The van der Waals surface area contributed by atoms with Crippen LogP contribution in [0.4, 0.5) is 5.69 Å². The molecular formula is C26H28N6O2. The van der Waals surface area contributed by atoms with Gasteiger partial charge in [0, 0.05) is 43.5 Å². The molecule has 2 amide bonds. The van der Waals surface area contributed by atoms with E-state index in [1.165, 1.54) is 11.4 Å². The zero-order valence-electron chi connectivity index (χ0n) is 19.1. The quantitative estimate of drug-likeness (QED) is 0.606. The largest absolute Gasteiger partial charge is 0.326 e. The van der Waals surface area contributed by atoms with E-state index in [9.17, 15) is 9.59 Å². The third-order valence-corrected chi connectivity index (χ3v) is 6.28.